The van der Waals surface area contributed by atoms with Gasteiger partial charge in [0.1, 0.15) is 0 Å². The van der Waals surface area contributed by atoms with Crippen molar-refractivity contribution in [3.05, 3.63) is 58.6 Å². The molecule has 0 atom stereocenters. The smallest absolute Gasteiger partial charge is 0.416 e. The number of amidine groups is 1. The van der Waals surface area contributed by atoms with Gasteiger partial charge in [-0.1, -0.05) is 29.8 Å². The molecule has 0 radical (unpaired) electrons. The molecule has 0 saturated heterocycles. The molecule has 0 amide bonds. The maximum atomic E-state index is 13.0. The Morgan fingerprint density at radius 3 is 2.76 bits per heavy atom. The Morgan fingerprint density at radius 1 is 1.28 bits per heavy atom. The number of aryl methyl sites for hydroxylation is 1. The fraction of sp³-hybridized carbons (Fsp3) is 0.300. The van der Waals surface area contributed by atoms with Gasteiger partial charge in [-0.2, -0.15) is 13.2 Å². The number of nitrogens with one attached hydrogen (secondary N) is 1. The van der Waals surface area contributed by atoms with Gasteiger partial charge in [0.25, 0.3) is 0 Å². The molecule has 1 aliphatic heterocycles. The fourth-order valence-electron chi connectivity index (χ4n) is 3.07. The number of nitrogens with zero attached hydrogens (tertiary/aromatic N) is 2. The van der Waals surface area contributed by atoms with Gasteiger partial charge in [0.15, 0.2) is 0 Å². The third-order valence-corrected chi connectivity index (χ3v) is 4.73. The van der Waals surface area contributed by atoms with Crippen LogP contribution in [0.25, 0.3) is 0 Å². The van der Waals surface area contributed by atoms with Crippen molar-refractivity contribution in [1.29, 1.82) is 0 Å². The van der Waals surface area contributed by atoms with Crippen molar-refractivity contribution in [2.45, 2.75) is 25.9 Å². The molecule has 1 aliphatic rings. The van der Waals surface area contributed by atoms with Gasteiger partial charge < -0.3 is 9.64 Å². The Labute approximate surface area is 171 Å². The van der Waals surface area contributed by atoms with E-state index in [-0.39, 0.29) is 23.2 Å². The molecule has 3 rings (SSSR count). The number of carbonyl (C=O) groups excluding carboxylic acids is 1. The number of esters is 1. The number of hydrazone groups is 1. The van der Waals surface area contributed by atoms with Gasteiger partial charge in [-0.05, 0) is 49.6 Å². The number of ether oxygens (including phenoxy) is 1. The number of benzene rings is 2. The van der Waals surface area contributed by atoms with Crippen molar-refractivity contribution in [3.8, 4) is 0 Å². The number of hydrogen-bond acceptors (Lipinski definition) is 4. The van der Waals surface area contributed by atoms with Crippen LogP contribution in [0.5, 0.6) is 0 Å². The lowest BCUT2D eigenvalue weighted by Crippen LogP contribution is -2.41. The number of fused-ring (bicyclic) bond motifs is 1. The first-order valence-corrected chi connectivity index (χ1v) is 9.42. The average Bonchev–Trinajstić information content (AvgIpc) is 2.69. The molecule has 0 saturated carbocycles. The molecular weight excluding hydrogens is 407 g/mol. The van der Waals surface area contributed by atoms with Gasteiger partial charge in [-0.3, -0.25) is 5.43 Å². The van der Waals surface area contributed by atoms with Crippen LogP contribution in [-0.2, 0) is 22.1 Å². The first kappa shape index (κ1) is 21.0. The number of rotatable bonds is 3. The van der Waals surface area contributed by atoms with Gasteiger partial charge in [-0.25, -0.2) is 4.79 Å². The summed E-state index contributed by atoms with van der Waals surface area (Å²) < 4.78 is 44.1. The summed E-state index contributed by atoms with van der Waals surface area (Å²) in [5.41, 5.74) is 3.43. The third kappa shape index (κ3) is 4.82. The van der Waals surface area contributed by atoms with Gasteiger partial charge in [0.2, 0.25) is 5.84 Å². The van der Waals surface area contributed by atoms with Crippen LogP contribution in [0.3, 0.4) is 0 Å². The van der Waals surface area contributed by atoms with Crippen molar-refractivity contribution in [1.82, 2.24) is 0 Å². The summed E-state index contributed by atoms with van der Waals surface area (Å²) >= 11 is 6.01. The zero-order valence-corrected chi connectivity index (χ0v) is 16.3. The predicted molar refractivity (Wildman–Crippen MR) is 106 cm³/mol. The molecule has 0 spiro atoms. The molecule has 2 aromatic carbocycles. The van der Waals surface area contributed by atoms with Gasteiger partial charge >= 0.3 is 12.1 Å². The number of carbonyl (C=O) groups is 1. The van der Waals surface area contributed by atoms with Crippen molar-refractivity contribution in [3.63, 3.8) is 0 Å². The van der Waals surface area contributed by atoms with Crippen LogP contribution in [0.4, 0.5) is 24.5 Å². The van der Waals surface area contributed by atoms with E-state index in [1.807, 2.05) is 24.3 Å². The second-order valence-electron chi connectivity index (χ2n) is 6.34. The second-order valence-corrected chi connectivity index (χ2v) is 6.75. The third-order valence-electron chi connectivity index (χ3n) is 4.40. The van der Waals surface area contributed by atoms with E-state index < -0.39 is 17.7 Å². The highest BCUT2D eigenvalue weighted by molar-refractivity contribution is 6.41. The summed E-state index contributed by atoms with van der Waals surface area (Å²) in [6, 6.07) is 10.4. The summed E-state index contributed by atoms with van der Waals surface area (Å²) in [4.78, 5) is 14.2. The Bertz CT molecular complexity index is 931. The molecule has 0 aliphatic carbocycles. The van der Waals surface area contributed by atoms with Gasteiger partial charge in [0.05, 0.1) is 22.9 Å². The van der Waals surface area contributed by atoms with Crippen LogP contribution >= 0.6 is 11.6 Å². The van der Waals surface area contributed by atoms with E-state index in [9.17, 15) is 18.0 Å². The van der Waals surface area contributed by atoms with Crippen LogP contribution in [0.15, 0.2) is 47.6 Å². The lowest BCUT2D eigenvalue weighted by Gasteiger charge is -2.30. The first-order chi connectivity index (χ1) is 13.8. The molecule has 1 N–H and O–H groups in total. The molecule has 1 heterocycles. The minimum absolute atomic E-state index is 0.0454. The van der Waals surface area contributed by atoms with Crippen LogP contribution in [0.1, 0.15) is 24.5 Å². The molecule has 0 aromatic heterocycles. The summed E-state index contributed by atoms with van der Waals surface area (Å²) in [6.45, 7) is 2.32. The van der Waals surface area contributed by atoms with E-state index >= 15 is 0 Å². The van der Waals surface area contributed by atoms with E-state index in [4.69, 9.17) is 16.3 Å². The first-order valence-electron chi connectivity index (χ1n) is 9.04. The zero-order chi connectivity index (χ0) is 21.0. The quantitative estimate of drug-likeness (QED) is 0.322. The maximum absolute atomic E-state index is 13.0. The van der Waals surface area contributed by atoms with Crippen molar-refractivity contribution in [2.75, 3.05) is 23.5 Å². The van der Waals surface area contributed by atoms with Crippen molar-refractivity contribution < 1.29 is 22.7 Å². The average molecular weight is 426 g/mol. The van der Waals surface area contributed by atoms with Crippen LogP contribution in [0, 0.1) is 0 Å². The Hall–Kier alpha value is -2.74. The molecular formula is C20H19ClF3N3O2. The Balaban J connectivity index is 1.97. The number of alkyl halides is 3. The fourth-order valence-corrected chi connectivity index (χ4v) is 3.23. The van der Waals surface area contributed by atoms with Crippen LogP contribution in [0.2, 0.25) is 5.02 Å². The van der Waals surface area contributed by atoms with Crippen molar-refractivity contribution in [2.24, 2.45) is 5.10 Å². The minimum atomic E-state index is -4.53. The highest BCUT2D eigenvalue weighted by atomic mass is 35.5. The molecule has 5 nitrogen and oxygen atoms in total. The number of halogens is 4. The van der Waals surface area contributed by atoms with E-state index in [0.29, 0.717) is 6.54 Å². The molecule has 154 valence electrons. The summed E-state index contributed by atoms with van der Waals surface area (Å²) in [6.07, 6.45) is -2.88. The van der Waals surface area contributed by atoms with E-state index in [2.05, 4.69) is 10.5 Å². The maximum Gasteiger partial charge on any atom is 0.416 e. The molecule has 0 unspecified atom stereocenters. The van der Waals surface area contributed by atoms with E-state index in [1.165, 1.54) is 0 Å². The normalized spacial score (nSPS) is 14.4. The van der Waals surface area contributed by atoms with Gasteiger partial charge in [0, 0.05) is 12.2 Å². The lowest BCUT2D eigenvalue weighted by atomic mass is 10.0. The highest BCUT2D eigenvalue weighted by Crippen LogP contribution is 2.34. The molecule has 29 heavy (non-hydrogen) atoms. The lowest BCUT2D eigenvalue weighted by molar-refractivity contribution is -0.137. The number of para-hydroxylation sites is 1. The standard InChI is InChI=1S/C20H19ClF3N3O2/c1-2-29-19(28)18(27-11-5-7-13-6-3-4-8-17(13)27)26-25-16-12-14(20(22,23)24)9-10-15(16)21/h3-4,6,8-10,12,25H,2,5,7,11H2,1H3/b26-18+. The molecule has 9 heteroatoms. The molecule has 0 bridgehead atoms. The van der Waals surface area contributed by atoms with E-state index in [0.717, 1.165) is 42.3 Å². The second kappa shape index (κ2) is 8.73. The Kier molecular flexibility index (Phi) is 6.32. The Morgan fingerprint density at radius 2 is 2.03 bits per heavy atom. The zero-order valence-electron chi connectivity index (χ0n) is 15.6. The summed E-state index contributed by atoms with van der Waals surface area (Å²) in [5.74, 6) is -0.729. The summed E-state index contributed by atoms with van der Waals surface area (Å²) in [5, 5.41) is 4.13. The highest BCUT2D eigenvalue weighted by Gasteiger charge is 2.31. The van der Waals surface area contributed by atoms with Crippen LogP contribution in [-0.4, -0.2) is 25.0 Å². The van der Waals surface area contributed by atoms with Crippen LogP contribution < -0.4 is 10.3 Å². The molecule has 0 fully saturated rings. The predicted octanol–water partition coefficient (Wildman–Crippen LogP) is 5.10. The SMILES string of the molecule is CCOC(=O)/C(=N\Nc1cc(C(F)(F)F)ccc1Cl)N1CCCc2ccccc21. The van der Waals surface area contributed by atoms with Crippen molar-refractivity contribution >= 4 is 34.8 Å². The topological polar surface area (TPSA) is 53.9 Å². The number of anilines is 2. The van der Waals surface area contributed by atoms with E-state index in [1.54, 1.807) is 11.8 Å². The summed E-state index contributed by atoms with van der Waals surface area (Å²) in [7, 11) is 0. The minimum Gasteiger partial charge on any atom is -0.460 e. The monoisotopic (exact) mass is 425 g/mol. The molecule has 2 aromatic rings. The largest absolute Gasteiger partial charge is 0.460 e. The number of hydrogen-bond donors (Lipinski definition) is 1. The van der Waals surface area contributed by atoms with Gasteiger partial charge in [-0.15, -0.1) is 5.10 Å².